The highest BCUT2D eigenvalue weighted by Gasteiger charge is 2.35. The van der Waals surface area contributed by atoms with Crippen molar-refractivity contribution < 1.29 is 14.7 Å². The number of hydrogen-bond donors (Lipinski definition) is 1. The Morgan fingerprint density at radius 3 is 2.77 bits per heavy atom. The summed E-state index contributed by atoms with van der Waals surface area (Å²) in [5, 5.41) is 8.88. The van der Waals surface area contributed by atoms with Crippen LogP contribution in [0.15, 0.2) is 0 Å². The van der Waals surface area contributed by atoms with Crippen molar-refractivity contribution >= 4 is 11.9 Å². The summed E-state index contributed by atoms with van der Waals surface area (Å²) >= 11 is 0. The SMILES string of the molecule is CCN1C(=O)CC(C)CC1C(=O)O. The van der Waals surface area contributed by atoms with Crippen molar-refractivity contribution in [1.82, 2.24) is 4.90 Å². The molecule has 1 saturated heterocycles. The van der Waals surface area contributed by atoms with Gasteiger partial charge in [-0.2, -0.15) is 0 Å². The maximum atomic E-state index is 11.4. The summed E-state index contributed by atoms with van der Waals surface area (Å²) in [6, 6.07) is -0.610. The van der Waals surface area contributed by atoms with Gasteiger partial charge in [0, 0.05) is 13.0 Å². The predicted octanol–water partition coefficient (Wildman–Crippen LogP) is 0.718. The number of aliphatic carboxylic acids is 1. The smallest absolute Gasteiger partial charge is 0.326 e. The van der Waals surface area contributed by atoms with E-state index in [1.54, 1.807) is 0 Å². The largest absolute Gasteiger partial charge is 0.480 e. The lowest BCUT2D eigenvalue weighted by Gasteiger charge is -2.34. The van der Waals surface area contributed by atoms with Crippen LogP contribution in [0.5, 0.6) is 0 Å². The molecule has 2 unspecified atom stereocenters. The molecule has 0 aromatic carbocycles. The third kappa shape index (κ3) is 1.99. The lowest BCUT2D eigenvalue weighted by atomic mass is 9.92. The predicted molar refractivity (Wildman–Crippen MR) is 47.2 cm³/mol. The van der Waals surface area contributed by atoms with Gasteiger partial charge in [0.15, 0.2) is 0 Å². The zero-order valence-electron chi connectivity index (χ0n) is 7.99. The van der Waals surface area contributed by atoms with E-state index >= 15 is 0 Å². The zero-order valence-corrected chi connectivity index (χ0v) is 7.99. The quantitative estimate of drug-likeness (QED) is 0.689. The average molecular weight is 185 g/mol. The molecule has 74 valence electrons. The molecule has 1 heterocycles. The molecule has 0 aromatic heterocycles. The Morgan fingerprint density at radius 1 is 1.69 bits per heavy atom. The molecule has 0 spiro atoms. The van der Waals surface area contributed by atoms with Crippen LogP contribution in [0.25, 0.3) is 0 Å². The highest BCUT2D eigenvalue weighted by atomic mass is 16.4. The fraction of sp³-hybridized carbons (Fsp3) is 0.778. The Bertz CT molecular complexity index is 227. The molecule has 1 aliphatic heterocycles. The number of carbonyl (C=O) groups is 2. The zero-order chi connectivity index (χ0) is 10.0. The minimum atomic E-state index is -0.887. The number of hydrogen-bond acceptors (Lipinski definition) is 2. The number of carboxylic acids is 1. The maximum Gasteiger partial charge on any atom is 0.326 e. The van der Waals surface area contributed by atoms with E-state index in [1.165, 1.54) is 4.90 Å². The molecule has 0 saturated carbocycles. The Morgan fingerprint density at radius 2 is 2.31 bits per heavy atom. The van der Waals surface area contributed by atoms with E-state index in [0.717, 1.165) is 0 Å². The third-order valence-corrected chi connectivity index (χ3v) is 2.47. The number of nitrogens with zero attached hydrogens (tertiary/aromatic N) is 1. The molecule has 4 nitrogen and oxygen atoms in total. The molecule has 2 atom stereocenters. The van der Waals surface area contributed by atoms with Crippen LogP contribution in [0.1, 0.15) is 26.7 Å². The number of likely N-dealkylation sites (N-methyl/N-ethyl adjacent to an activating group) is 1. The molecule has 0 aliphatic carbocycles. The molecule has 1 fully saturated rings. The number of rotatable bonds is 2. The van der Waals surface area contributed by atoms with Crippen LogP contribution in [0.2, 0.25) is 0 Å². The summed E-state index contributed by atoms with van der Waals surface area (Å²) in [6.45, 7) is 4.22. The van der Waals surface area contributed by atoms with Crippen LogP contribution in [-0.4, -0.2) is 34.5 Å². The summed E-state index contributed by atoms with van der Waals surface area (Å²) in [6.07, 6.45) is 1.06. The number of carbonyl (C=O) groups excluding carboxylic acids is 1. The topological polar surface area (TPSA) is 57.6 Å². The molecule has 1 aliphatic rings. The van der Waals surface area contributed by atoms with Gasteiger partial charge in [0.2, 0.25) is 5.91 Å². The Balaban J connectivity index is 2.77. The minimum Gasteiger partial charge on any atom is -0.480 e. The van der Waals surface area contributed by atoms with Crippen molar-refractivity contribution in [1.29, 1.82) is 0 Å². The van der Waals surface area contributed by atoms with Gasteiger partial charge < -0.3 is 10.0 Å². The van der Waals surface area contributed by atoms with E-state index in [4.69, 9.17) is 5.11 Å². The summed E-state index contributed by atoms with van der Waals surface area (Å²) in [4.78, 5) is 23.7. The lowest BCUT2D eigenvalue weighted by molar-refractivity contribution is -0.154. The highest BCUT2D eigenvalue weighted by molar-refractivity contribution is 5.85. The summed E-state index contributed by atoms with van der Waals surface area (Å²) in [7, 11) is 0. The van der Waals surface area contributed by atoms with Crippen LogP contribution < -0.4 is 0 Å². The van der Waals surface area contributed by atoms with Crippen molar-refractivity contribution in [2.45, 2.75) is 32.7 Å². The van der Waals surface area contributed by atoms with Gasteiger partial charge in [0.25, 0.3) is 0 Å². The van der Waals surface area contributed by atoms with Gasteiger partial charge in [0.1, 0.15) is 6.04 Å². The lowest BCUT2D eigenvalue weighted by Crippen LogP contribution is -2.49. The second-order valence-corrected chi connectivity index (χ2v) is 3.58. The van der Waals surface area contributed by atoms with E-state index in [1.807, 2.05) is 13.8 Å². The molecule has 0 aromatic rings. The van der Waals surface area contributed by atoms with Crippen LogP contribution in [0.3, 0.4) is 0 Å². The molecule has 1 rings (SSSR count). The summed E-state index contributed by atoms with van der Waals surface area (Å²) in [5.41, 5.74) is 0. The monoisotopic (exact) mass is 185 g/mol. The molecule has 0 bridgehead atoms. The normalized spacial score (nSPS) is 29.1. The second kappa shape index (κ2) is 3.77. The summed E-state index contributed by atoms with van der Waals surface area (Å²) in [5.74, 6) is -0.730. The first kappa shape index (κ1) is 10.0. The number of amides is 1. The Labute approximate surface area is 77.5 Å². The number of carboxylic acid groups (broad SMARTS) is 1. The molecule has 1 N–H and O–H groups in total. The standard InChI is InChI=1S/C9H15NO3/c1-3-10-7(9(12)13)4-6(2)5-8(10)11/h6-7H,3-5H2,1-2H3,(H,12,13). The first-order chi connectivity index (χ1) is 6.06. The Hall–Kier alpha value is -1.06. The van der Waals surface area contributed by atoms with Crippen molar-refractivity contribution in [2.75, 3.05) is 6.54 Å². The van der Waals surface area contributed by atoms with Crippen molar-refractivity contribution in [3.8, 4) is 0 Å². The van der Waals surface area contributed by atoms with E-state index in [-0.39, 0.29) is 11.8 Å². The van der Waals surface area contributed by atoms with Gasteiger partial charge in [-0.3, -0.25) is 4.79 Å². The van der Waals surface area contributed by atoms with E-state index in [2.05, 4.69) is 0 Å². The number of piperidine rings is 1. The van der Waals surface area contributed by atoms with Crippen LogP contribution in [0, 0.1) is 5.92 Å². The summed E-state index contributed by atoms with van der Waals surface area (Å²) < 4.78 is 0. The third-order valence-electron chi connectivity index (χ3n) is 2.47. The molecule has 4 heteroatoms. The molecule has 0 radical (unpaired) electrons. The molecular weight excluding hydrogens is 170 g/mol. The van der Waals surface area contributed by atoms with Gasteiger partial charge in [-0.05, 0) is 19.3 Å². The van der Waals surface area contributed by atoms with Gasteiger partial charge in [-0.1, -0.05) is 6.92 Å². The van der Waals surface area contributed by atoms with Crippen LogP contribution in [-0.2, 0) is 9.59 Å². The molecular formula is C9H15NO3. The van der Waals surface area contributed by atoms with Gasteiger partial charge in [-0.15, -0.1) is 0 Å². The van der Waals surface area contributed by atoms with Crippen molar-refractivity contribution in [3.05, 3.63) is 0 Å². The Kier molecular flexibility index (Phi) is 2.90. The van der Waals surface area contributed by atoms with E-state index in [0.29, 0.717) is 19.4 Å². The first-order valence-electron chi connectivity index (χ1n) is 4.58. The fourth-order valence-corrected chi connectivity index (χ4v) is 1.81. The molecule has 13 heavy (non-hydrogen) atoms. The molecule has 1 amide bonds. The van der Waals surface area contributed by atoms with E-state index < -0.39 is 12.0 Å². The minimum absolute atomic E-state index is 0.0337. The van der Waals surface area contributed by atoms with Crippen molar-refractivity contribution in [2.24, 2.45) is 5.92 Å². The van der Waals surface area contributed by atoms with Crippen LogP contribution in [0.4, 0.5) is 0 Å². The van der Waals surface area contributed by atoms with Gasteiger partial charge >= 0.3 is 5.97 Å². The fourth-order valence-electron chi connectivity index (χ4n) is 1.81. The highest BCUT2D eigenvalue weighted by Crippen LogP contribution is 2.23. The van der Waals surface area contributed by atoms with Crippen LogP contribution >= 0.6 is 0 Å². The van der Waals surface area contributed by atoms with Crippen molar-refractivity contribution in [3.63, 3.8) is 0 Å². The second-order valence-electron chi connectivity index (χ2n) is 3.58. The number of likely N-dealkylation sites (tertiary alicyclic amines) is 1. The maximum absolute atomic E-state index is 11.4. The van der Waals surface area contributed by atoms with Gasteiger partial charge in [-0.25, -0.2) is 4.79 Å². The van der Waals surface area contributed by atoms with Gasteiger partial charge in [0.05, 0.1) is 0 Å². The average Bonchev–Trinajstić information content (AvgIpc) is 2.02. The first-order valence-corrected chi connectivity index (χ1v) is 4.58. The van der Waals surface area contributed by atoms with E-state index in [9.17, 15) is 9.59 Å².